The first-order valence-corrected chi connectivity index (χ1v) is 7.36. The molecule has 2 amide bonds. The molecule has 1 aliphatic heterocycles. The summed E-state index contributed by atoms with van der Waals surface area (Å²) in [5, 5.41) is 5.94. The molecule has 1 saturated heterocycles. The van der Waals surface area contributed by atoms with Gasteiger partial charge in [-0.1, -0.05) is 24.6 Å². The summed E-state index contributed by atoms with van der Waals surface area (Å²) in [7, 11) is 0. The SMILES string of the molecule is CCC(NC(=O)Nc1ccc(C)cc1C)C1CCCO1. The fraction of sp³-hybridized carbons (Fsp3) is 0.562. The molecule has 1 aliphatic rings. The number of rotatable bonds is 4. The monoisotopic (exact) mass is 276 g/mol. The number of urea groups is 1. The van der Waals surface area contributed by atoms with Crippen molar-refractivity contribution in [2.75, 3.05) is 11.9 Å². The van der Waals surface area contributed by atoms with Gasteiger partial charge in [-0.15, -0.1) is 0 Å². The maximum absolute atomic E-state index is 12.1. The lowest BCUT2D eigenvalue weighted by Crippen LogP contribution is -2.44. The highest BCUT2D eigenvalue weighted by molar-refractivity contribution is 5.90. The van der Waals surface area contributed by atoms with Gasteiger partial charge in [-0.2, -0.15) is 0 Å². The Kier molecular flexibility index (Phi) is 5.01. The molecule has 0 aromatic heterocycles. The van der Waals surface area contributed by atoms with Crippen molar-refractivity contribution in [2.45, 2.75) is 52.2 Å². The normalized spacial score (nSPS) is 19.6. The van der Waals surface area contributed by atoms with Crippen molar-refractivity contribution in [3.05, 3.63) is 29.3 Å². The summed E-state index contributed by atoms with van der Waals surface area (Å²) in [5.41, 5.74) is 3.12. The highest BCUT2D eigenvalue weighted by Crippen LogP contribution is 2.19. The van der Waals surface area contributed by atoms with Crippen LogP contribution in [0.4, 0.5) is 10.5 Å². The summed E-state index contributed by atoms with van der Waals surface area (Å²) in [4.78, 5) is 12.1. The van der Waals surface area contributed by atoms with E-state index in [1.165, 1.54) is 5.56 Å². The summed E-state index contributed by atoms with van der Waals surface area (Å²) in [6, 6.07) is 5.94. The lowest BCUT2D eigenvalue weighted by molar-refractivity contribution is 0.0804. The van der Waals surface area contributed by atoms with E-state index in [1.807, 2.05) is 26.0 Å². The highest BCUT2D eigenvalue weighted by Gasteiger charge is 2.25. The topological polar surface area (TPSA) is 50.4 Å². The molecular weight excluding hydrogens is 252 g/mol. The first-order valence-electron chi connectivity index (χ1n) is 7.36. The first-order chi connectivity index (χ1) is 9.60. The van der Waals surface area contributed by atoms with Crippen molar-refractivity contribution in [3.63, 3.8) is 0 Å². The fourth-order valence-corrected chi connectivity index (χ4v) is 2.66. The second-order valence-electron chi connectivity index (χ2n) is 5.48. The zero-order valence-corrected chi connectivity index (χ0v) is 12.5. The average Bonchev–Trinajstić information content (AvgIpc) is 2.93. The van der Waals surface area contributed by atoms with Crippen LogP contribution in [0.2, 0.25) is 0 Å². The van der Waals surface area contributed by atoms with E-state index >= 15 is 0 Å². The molecule has 1 fully saturated rings. The molecule has 4 heteroatoms. The molecule has 0 radical (unpaired) electrons. The van der Waals surface area contributed by atoms with Crippen LogP contribution in [0.15, 0.2) is 18.2 Å². The summed E-state index contributed by atoms with van der Waals surface area (Å²) in [5.74, 6) is 0. The number of carbonyl (C=O) groups is 1. The van der Waals surface area contributed by atoms with E-state index in [-0.39, 0.29) is 18.2 Å². The van der Waals surface area contributed by atoms with Crippen LogP contribution >= 0.6 is 0 Å². The molecule has 2 unspecified atom stereocenters. The van der Waals surface area contributed by atoms with Crippen molar-refractivity contribution in [3.8, 4) is 0 Å². The van der Waals surface area contributed by atoms with Crippen LogP contribution in [0.5, 0.6) is 0 Å². The van der Waals surface area contributed by atoms with Crippen LogP contribution < -0.4 is 10.6 Å². The second-order valence-corrected chi connectivity index (χ2v) is 5.48. The molecule has 110 valence electrons. The Labute approximate surface area is 120 Å². The maximum atomic E-state index is 12.1. The van der Waals surface area contributed by atoms with Crippen molar-refractivity contribution >= 4 is 11.7 Å². The summed E-state index contributed by atoms with van der Waals surface area (Å²) in [6.07, 6.45) is 3.15. The predicted octanol–water partition coefficient (Wildman–Crippen LogP) is 3.38. The minimum absolute atomic E-state index is 0.0863. The Morgan fingerprint density at radius 3 is 2.85 bits per heavy atom. The molecule has 0 spiro atoms. The first kappa shape index (κ1) is 14.9. The zero-order chi connectivity index (χ0) is 14.5. The van der Waals surface area contributed by atoms with Gasteiger partial charge >= 0.3 is 6.03 Å². The van der Waals surface area contributed by atoms with Gasteiger partial charge in [0.05, 0.1) is 12.1 Å². The van der Waals surface area contributed by atoms with Gasteiger partial charge in [-0.05, 0) is 44.7 Å². The molecule has 4 nitrogen and oxygen atoms in total. The zero-order valence-electron chi connectivity index (χ0n) is 12.5. The number of anilines is 1. The minimum Gasteiger partial charge on any atom is -0.376 e. The van der Waals surface area contributed by atoms with E-state index in [0.29, 0.717) is 0 Å². The van der Waals surface area contributed by atoms with Crippen LogP contribution in [0, 0.1) is 13.8 Å². The number of amides is 2. The van der Waals surface area contributed by atoms with E-state index in [0.717, 1.165) is 37.1 Å². The van der Waals surface area contributed by atoms with Gasteiger partial charge in [0, 0.05) is 12.3 Å². The Bertz CT molecular complexity index is 468. The van der Waals surface area contributed by atoms with Gasteiger partial charge in [0.25, 0.3) is 0 Å². The molecule has 1 aromatic carbocycles. The van der Waals surface area contributed by atoms with Crippen molar-refractivity contribution in [1.82, 2.24) is 5.32 Å². The Morgan fingerprint density at radius 2 is 2.25 bits per heavy atom. The molecular formula is C16H24N2O2. The third kappa shape index (κ3) is 3.73. The Balaban J connectivity index is 1.93. The standard InChI is InChI=1S/C16H24N2O2/c1-4-13(15-6-5-9-20-15)17-16(19)18-14-8-7-11(2)10-12(14)3/h7-8,10,13,15H,4-6,9H2,1-3H3,(H2,17,18,19). The van der Waals surface area contributed by atoms with Crippen molar-refractivity contribution < 1.29 is 9.53 Å². The largest absolute Gasteiger partial charge is 0.376 e. The van der Waals surface area contributed by atoms with Gasteiger partial charge in [-0.3, -0.25) is 0 Å². The minimum atomic E-state index is -0.153. The quantitative estimate of drug-likeness (QED) is 0.885. The van der Waals surface area contributed by atoms with Gasteiger partial charge in [-0.25, -0.2) is 4.79 Å². The van der Waals surface area contributed by atoms with E-state index in [4.69, 9.17) is 4.74 Å². The fourth-order valence-electron chi connectivity index (χ4n) is 2.66. The van der Waals surface area contributed by atoms with Gasteiger partial charge in [0.15, 0.2) is 0 Å². The van der Waals surface area contributed by atoms with E-state index < -0.39 is 0 Å². The van der Waals surface area contributed by atoms with E-state index in [2.05, 4.69) is 23.6 Å². The number of hydrogen-bond donors (Lipinski definition) is 2. The maximum Gasteiger partial charge on any atom is 0.319 e. The number of nitrogens with one attached hydrogen (secondary N) is 2. The number of hydrogen-bond acceptors (Lipinski definition) is 2. The molecule has 2 N–H and O–H groups in total. The summed E-state index contributed by atoms with van der Waals surface area (Å²) < 4.78 is 5.65. The highest BCUT2D eigenvalue weighted by atomic mass is 16.5. The molecule has 1 heterocycles. The van der Waals surface area contributed by atoms with Crippen molar-refractivity contribution in [1.29, 1.82) is 0 Å². The molecule has 2 rings (SSSR count). The third-order valence-corrected chi connectivity index (χ3v) is 3.80. The molecule has 0 saturated carbocycles. The summed E-state index contributed by atoms with van der Waals surface area (Å²) >= 11 is 0. The molecule has 1 aromatic rings. The average molecular weight is 276 g/mol. The smallest absolute Gasteiger partial charge is 0.319 e. The van der Waals surface area contributed by atoms with Crippen LogP contribution in [-0.2, 0) is 4.74 Å². The van der Waals surface area contributed by atoms with Gasteiger partial charge < -0.3 is 15.4 Å². The Morgan fingerprint density at radius 1 is 1.45 bits per heavy atom. The van der Waals surface area contributed by atoms with Gasteiger partial charge in [0.2, 0.25) is 0 Å². The third-order valence-electron chi connectivity index (χ3n) is 3.80. The lowest BCUT2D eigenvalue weighted by Gasteiger charge is -2.23. The number of benzene rings is 1. The van der Waals surface area contributed by atoms with Crippen LogP contribution in [-0.4, -0.2) is 24.8 Å². The van der Waals surface area contributed by atoms with E-state index in [9.17, 15) is 4.79 Å². The second kappa shape index (κ2) is 6.75. The number of carbonyl (C=O) groups excluding carboxylic acids is 1. The Hall–Kier alpha value is -1.55. The number of aryl methyl sites for hydroxylation is 2. The molecule has 0 aliphatic carbocycles. The molecule has 20 heavy (non-hydrogen) atoms. The van der Waals surface area contributed by atoms with Gasteiger partial charge in [0.1, 0.15) is 0 Å². The van der Waals surface area contributed by atoms with Crippen LogP contribution in [0.1, 0.15) is 37.3 Å². The lowest BCUT2D eigenvalue weighted by atomic mass is 10.1. The number of ether oxygens (including phenoxy) is 1. The predicted molar refractivity (Wildman–Crippen MR) is 81.1 cm³/mol. The van der Waals surface area contributed by atoms with E-state index in [1.54, 1.807) is 0 Å². The van der Waals surface area contributed by atoms with Crippen LogP contribution in [0.3, 0.4) is 0 Å². The van der Waals surface area contributed by atoms with Crippen molar-refractivity contribution in [2.24, 2.45) is 0 Å². The molecule has 2 atom stereocenters. The molecule has 0 bridgehead atoms. The summed E-state index contributed by atoms with van der Waals surface area (Å²) in [6.45, 7) is 6.92. The van der Waals surface area contributed by atoms with Crippen LogP contribution in [0.25, 0.3) is 0 Å².